The summed E-state index contributed by atoms with van der Waals surface area (Å²) in [6.45, 7) is 4.71. The van der Waals surface area contributed by atoms with Gasteiger partial charge in [-0.15, -0.1) is 0 Å². The zero-order valence-electron chi connectivity index (χ0n) is 10.6. The summed E-state index contributed by atoms with van der Waals surface area (Å²) < 4.78 is 5.53. The molecular formula is C15H17NO2. The molecule has 18 heavy (non-hydrogen) atoms. The quantitative estimate of drug-likeness (QED) is 0.892. The number of aromatic nitrogens is 1. The first kappa shape index (κ1) is 12.6. The van der Waals surface area contributed by atoms with Crippen LogP contribution in [0.5, 0.6) is 5.75 Å². The molecule has 2 rings (SSSR count). The summed E-state index contributed by atoms with van der Waals surface area (Å²) in [4.78, 5) is 4.18. The van der Waals surface area contributed by atoms with E-state index in [4.69, 9.17) is 4.74 Å². The Hall–Kier alpha value is -1.87. The first-order chi connectivity index (χ1) is 8.72. The van der Waals surface area contributed by atoms with E-state index < -0.39 is 0 Å². The van der Waals surface area contributed by atoms with Crippen LogP contribution in [0.3, 0.4) is 0 Å². The number of hydrogen-bond acceptors (Lipinski definition) is 3. The SMILES string of the molecule is CCOC(C)c1ccc(-c2ncccc2O)cc1. The van der Waals surface area contributed by atoms with Crippen LogP contribution in [-0.4, -0.2) is 16.7 Å². The molecule has 2 aromatic rings. The van der Waals surface area contributed by atoms with E-state index in [9.17, 15) is 5.11 Å². The Balaban J connectivity index is 2.25. The summed E-state index contributed by atoms with van der Waals surface area (Å²) in [5.41, 5.74) is 2.63. The van der Waals surface area contributed by atoms with Crippen LogP contribution in [0.1, 0.15) is 25.5 Å². The highest BCUT2D eigenvalue weighted by Gasteiger charge is 2.07. The Labute approximate surface area is 107 Å². The van der Waals surface area contributed by atoms with Crippen LogP contribution in [0.25, 0.3) is 11.3 Å². The topological polar surface area (TPSA) is 42.4 Å². The molecule has 0 saturated carbocycles. The van der Waals surface area contributed by atoms with Gasteiger partial charge in [-0.05, 0) is 31.5 Å². The van der Waals surface area contributed by atoms with Crippen LogP contribution in [0.15, 0.2) is 42.6 Å². The first-order valence-corrected chi connectivity index (χ1v) is 6.08. The van der Waals surface area contributed by atoms with Crippen molar-refractivity contribution >= 4 is 0 Å². The number of hydrogen-bond donors (Lipinski definition) is 1. The normalized spacial score (nSPS) is 12.3. The lowest BCUT2D eigenvalue weighted by molar-refractivity contribution is 0.0764. The van der Waals surface area contributed by atoms with Crippen LogP contribution < -0.4 is 0 Å². The van der Waals surface area contributed by atoms with Gasteiger partial charge in [0.1, 0.15) is 11.4 Å². The minimum atomic E-state index is 0.0846. The van der Waals surface area contributed by atoms with E-state index >= 15 is 0 Å². The fraction of sp³-hybridized carbons (Fsp3) is 0.267. The van der Waals surface area contributed by atoms with Crippen LogP contribution >= 0.6 is 0 Å². The standard InChI is InChI=1S/C15H17NO2/c1-3-18-11(2)12-6-8-13(9-7-12)15-14(17)5-4-10-16-15/h4-11,17H,3H2,1-2H3. The van der Waals surface area contributed by atoms with Crippen molar-refractivity contribution in [2.24, 2.45) is 0 Å². The van der Waals surface area contributed by atoms with Gasteiger partial charge in [0, 0.05) is 18.4 Å². The van der Waals surface area contributed by atoms with E-state index in [0.717, 1.165) is 11.1 Å². The molecule has 0 amide bonds. The molecule has 94 valence electrons. The lowest BCUT2D eigenvalue weighted by atomic mass is 10.1. The lowest BCUT2D eigenvalue weighted by Crippen LogP contribution is -1.99. The second kappa shape index (κ2) is 5.65. The van der Waals surface area contributed by atoms with E-state index in [1.807, 2.05) is 38.1 Å². The molecule has 0 saturated heterocycles. The molecule has 1 N–H and O–H groups in total. The second-order valence-electron chi connectivity index (χ2n) is 4.09. The van der Waals surface area contributed by atoms with Gasteiger partial charge in [0.15, 0.2) is 0 Å². The van der Waals surface area contributed by atoms with Gasteiger partial charge in [-0.3, -0.25) is 4.98 Å². The molecule has 0 radical (unpaired) electrons. The minimum absolute atomic E-state index is 0.0846. The molecule has 3 nitrogen and oxygen atoms in total. The number of pyridine rings is 1. The van der Waals surface area contributed by atoms with E-state index in [1.165, 1.54) is 0 Å². The number of nitrogens with zero attached hydrogens (tertiary/aromatic N) is 1. The lowest BCUT2D eigenvalue weighted by Gasteiger charge is -2.12. The van der Waals surface area contributed by atoms with Crippen molar-refractivity contribution in [2.75, 3.05) is 6.61 Å². The van der Waals surface area contributed by atoms with E-state index in [0.29, 0.717) is 12.3 Å². The van der Waals surface area contributed by atoms with Gasteiger partial charge in [-0.1, -0.05) is 24.3 Å². The summed E-state index contributed by atoms with van der Waals surface area (Å²) in [5.74, 6) is 0.197. The van der Waals surface area contributed by atoms with Gasteiger partial charge in [0.25, 0.3) is 0 Å². The van der Waals surface area contributed by atoms with Crippen molar-refractivity contribution in [1.29, 1.82) is 0 Å². The summed E-state index contributed by atoms with van der Waals surface area (Å²) in [7, 11) is 0. The Morgan fingerprint density at radius 3 is 2.56 bits per heavy atom. The zero-order chi connectivity index (χ0) is 13.0. The predicted molar refractivity (Wildman–Crippen MR) is 71.4 cm³/mol. The maximum Gasteiger partial charge on any atom is 0.141 e. The fourth-order valence-electron chi connectivity index (χ4n) is 1.88. The molecule has 0 aliphatic carbocycles. The maximum atomic E-state index is 9.74. The molecule has 3 heteroatoms. The number of ether oxygens (including phenoxy) is 1. The van der Waals surface area contributed by atoms with Gasteiger partial charge in [0.2, 0.25) is 0 Å². The van der Waals surface area contributed by atoms with Crippen LogP contribution in [0.4, 0.5) is 0 Å². The molecule has 1 aromatic carbocycles. The Morgan fingerprint density at radius 1 is 1.22 bits per heavy atom. The van der Waals surface area contributed by atoms with Crippen LogP contribution in [-0.2, 0) is 4.74 Å². The van der Waals surface area contributed by atoms with E-state index in [2.05, 4.69) is 4.98 Å². The number of aromatic hydroxyl groups is 1. The Bertz CT molecular complexity index is 508. The average molecular weight is 243 g/mol. The van der Waals surface area contributed by atoms with Crippen molar-refractivity contribution in [1.82, 2.24) is 4.98 Å². The molecule has 1 aromatic heterocycles. The summed E-state index contributed by atoms with van der Waals surface area (Å²) in [6, 6.07) is 11.3. The summed E-state index contributed by atoms with van der Waals surface area (Å²) >= 11 is 0. The van der Waals surface area contributed by atoms with Crippen molar-refractivity contribution in [2.45, 2.75) is 20.0 Å². The van der Waals surface area contributed by atoms with Crippen molar-refractivity contribution in [3.63, 3.8) is 0 Å². The molecule has 1 heterocycles. The molecule has 0 bridgehead atoms. The van der Waals surface area contributed by atoms with Gasteiger partial charge in [0.05, 0.1) is 6.10 Å². The van der Waals surface area contributed by atoms with Crippen molar-refractivity contribution < 1.29 is 9.84 Å². The molecule has 1 unspecified atom stereocenters. The van der Waals surface area contributed by atoms with Gasteiger partial charge >= 0.3 is 0 Å². The third-order valence-electron chi connectivity index (χ3n) is 2.86. The molecule has 1 atom stereocenters. The van der Waals surface area contributed by atoms with Crippen LogP contribution in [0, 0.1) is 0 Å². The highest BCUT2D eigenvalue weighted by molar-refractivity contribution is 5.65. The summed E-state index contributed by atoms with van der Waals surface area (Å²) in [6.07, 6.45) is 1.76. The molecule has 0 spiro atoms. The average Bonchev–Trinajstić information content (AvgIpc) is 2.40. The monoisotopic (exact) mass is 243 g/mol. The molecular weight excluding hydrogens is 226 g/mol. The van der Waals surface area contributed by atoms with Crippen LogP contribution in [0.2, 0.25) is 0 Å². The van der Waals surface area contributed by atoms with Gasteiger partial charge < -0.3 is 9.84 Å². The second-order valence-corrected chi connectivity index (χ2v) is 4.09. The minimum Gasteiger partial charge on any atom is -0.506 e. The van der Waals surface area contributed by atoms with E-state index in [-0.39, 0.29) is 11.9 Å². The van der Waals surface area contributed by atoms with E-state index in [1.54, 1.807) is 18.3 Å². The molecule has 0 fully saturated rings. The first-order valence-electron chi connectivity index (χ1n) is 6.08. The van der Waals surface area contributed by atoms with Crippen molar-refractivity contribution in [3.05, 3.63) is 48.2 Å². The van der Waals surface area contributed by atoms with Crippen molar-refractivity contribution in [3.8, 4) is 17.0 Å². The Morgan fingerprint density at radius 2 is 1.94 bits per heavy atom. The summed E-state index contributed by atoms with van der Waals surface area (Å²) in [5, 5.41) is 9.74. The molecule has 0 aliphatic heterocycles. The van der Waals surface area contributed by atoms with Gasteiger partial charge in [-0.2, -0.15) is 0 Å². The number of benzene rings is 1. The fourth-order valence-corrected chi connectivity index (χ4v) is 1.88. The molecule has 0 aliphatic rings. The zero-order valence-corrected chi connectivity index (χ0v) is 10.6. The van der Waals surface area contributed by atoms with Gasteiger partial charge in [-0.25, -0.2) is 0 Å². The maximum absolute atomic E-state index is 9.74. The predicted octanol–water partition coefficient (Wildman–Crippen LogP) is 3.55. The third kappa shape index (κ3) is 2.68. The Kier molecular flexibility index (Phi) is 3.95. The smallest absolute Gasteiger partial charge is 0.141 e. The third-order valence-corrected chi connectivity index (χ3v) is 2.86. The highest BCUT2D eigenvalue weighted by Crippen LogP contribution is 2.27. The highest BCUT2D eigenvalue weighted by atomic mass is 16.5. The number of rotatable bonds is 4. The largest absolute Gasteiger partial charge is 0.506 e.